The predicted molar refractivity (Wildman–Crippen MR) is 92.3 cm³/mol. The van der Waals surface area contributed by atoms with E-state index in [1.165, 1.54) is 19.1 Å². The van der Waals surface area contributed by atoms with E-state index in [9.17, 15) is 14.0 Å². The van der Waals surface area contributed by atoms with Crippen LogP contribution in [0.15, 0.2) is 36.4 Å². The van der Waals surface area contributed by atoms with Gasteiger partial charge in [0.25, 0.3) is 0 Å². The summed E-state index contributed by atoms with van der Waals surface area (Å²) in [5, 5.41) is 0.794. The first-order valence-electron chi connectivity index (χ1n) is 7.80. The molecule has 0 aliphatic carbocycles. The average molecular weight is 323 g/mol. The Balaban J connectivity index is 2.26. The number of carbonyl (C=O) groups excluding carboxylic acids is 2. The zero-order chi connectivity index (χ0) is 17.4. The second-order valence-corrected chi connectivity index (χ2v) is 6.13. The van der Waals surface area contributed by atoms with Gasteiger partial charge in [-0.25, -0.2) is 4.39 Å². The number of ketones is 1. The van der Waals surface area contributed by atoms with E-state index in [0.717, 1.165) is 28.4 Å². The maximum Gasteiger partial charge on any atom is 0.166 e. The number of carbonyl (C=O) groups is 2. The molecule has 4 heteroatoms. The molecule has 0 aliphatic rings. The molecule has 1 aromatic heterocycles. The van der Waals surface area contributed by atoms with E-state index in [-0.39, 0.29) is 17.5 Å². The summed E-state index contributed by atoms with van der Waals surface area (Å²) in [6.45, 7) is 5.46. The van der Waals surface area contributed by atoms with Gasteiger partial charge in [0.1, 0.15) is 5.82 Å². The molecular weight excluding hydrogens is 305 g/mol. The van der Waals surface area contributed by atoms with Crippen LogP contribution < -0.4 is 0 Å². The van der Waals surface area contributed by atoms with Crippen LogP contribution in [0.3, 0.4) is 0 Å². The number of hydrogen-bond acceptors (Lipinski definition) is 2. The highest BCUT2D eigenvalue weighted by molar-refractivity contribution is 5.97. The van der Waals surface area contributed by atoms with Gasteiger partial charge in [0.2, 0.25) is 0 Å². The average Bonchev–Trinajstić information content (AvgIpc) is 2.91. The van der Waals surface area contributed by atoms with Gasteiger partial charge in [0.05, 0.1) is 5.69 Å². The number of aldehydes is 1. The van der Waals surface area contributed by atoms with Crippen molar-refractivity contribution in [2.24, 2.45) is 0 Å². The standard InChI is InChI=1S/C20H18FNO2/c1-11-4-6-15(13(3)24)17(8-11)12(2)20-16-7-5-14(21)9-18(16)22-19(20)10-23/h4-10,12,22H,1-3H3. The monoisotopic (exact) mass is 323 g/mol. The predicted octanol–water partition coefficient (Wildman–Crippen LogP) is 4.78. The molecule has 0 amide bonds. The quantitative estimate of drug-likeness (QED) is 0.555. The number of H-pyrrole nitrogens is 1. The minimum atomic E-state index is -0.361. The van der Waals surface area contributed by atoms with Crippen LogP contribution in [0.4, 0.5) is 4.39 Å². The molecule has 3 aromatic rings. The fourth-order valence-corrected chi connectivity index (χ4v) is 3.29. The smallest absolute Gasteiger partial charge is 0.166 e. The molecule has 122 valence electrons. The molecule has 0 radical (unpaired) electrons. The Morgan fingerprint density at radius 3 is 2.62 bits per heavy atom. The summed E-state index contributed by atoms with van der Waals surface area (Å²) in [7, 11) is 0. The molecule has 0 fully saturated rings. The molecule has 0 saturated carbocycles. The lowest BCUT2D eigenvalue weighted by atomic mass is 9.86. The molecule has 2 aromatic carbocycles. The first kappa shape index (κ1) is 16.1. The number of rotatable bonds is 4. The molecule has 0 spiro atoms. The second kappa shape index (κ2) is 6.04. The third kappa shape index (κ3) is 2.64. The fourth-order valence-electron chi connectivity index (χ4n) is 3.29. The van der Waals surface area contributed by atoms with Crippen molar-refractivity contribution in [3.05, 3.63) is 70.2 Å². The van der Waals surface area contributed by atoms with Crippen molar-refractivity contribution in [3.63, 3.8) is 0 Å². The molecule has 3 nitrogen and oxygen atoms in total. The van der Waals surface area contributed by atoms with Gasteiger partial charge in [-0.2, -0.15) is 0 Å². The molecule has 0 bridgehead atoms. The van der Waals surface area contributed by atoms with Crippen molar-refractivity contribution in [3.8, 4) is 0 Å². The SMILES string of the molecule is CC(=O)c1ccc(C)cc1C(C)c1c(C=O)[nH]c2cc(F)ccc12. The van der Waals surface area contributed by atoms with Crippen molar-refractivity contribution in [1.82, 2.24) is 4.98 Å². The molecule has 1 heterocycles. The number of aromatic amines is 1. The van der Waals surface area contributed by atoms with E-state index in [2.05, 4.69) is 4.98 Å². The fraction of sp³-hybridized carbons (Fsp3) is 0.200. The van der Waals surface area contributed by atoms with Crippen molar-refractivity contribution in [1.29, 1.82) is 0 Å². The van der Waals surface area contributed by atoms with Crippen LogP contribution in [0, 0.1) is 12.7 Å². The maximum atomic E-state index is 13.5. The number of hydrogen-bond donors (Lipinski definition) is 1. The van der Waals surface area contributed by atoms with Crippen LogP contribution in [0.25, 0.3) is 10.9 Å². The molecular formula is C20H18FNO2. The summed E-state index contributed by atoms with van der Waals surface area (Å²) < 4.78 is 13.5. The van der Waals surface area contributed by atoms with Crippen molar-refractivity contribution >= 4 is 23.0 Å². The van der Waals surface area contributed by atoms with Crippen molar-refractivity contribution < 1.29 is 14.0 Å². The molecule has 1 atom stereocenters. The topological polar surface area (TPSA) is 49.9 Å². The number of fused-ring (bicyclic) bond motifs is 1. The molecule has 1 unspecified atom stereocenters. The van der Waals surface area contributed by atoms with Crippen LogP contribution in [0.1, 0.15) is 57.3 Å². The Labute approximate surface area is 139 Å². The number of benzene rings is 2. The third-order valence-corrected chi connectivity index (χ3v) is 4.44. The van der Waals surface area contributed by atoms with Gasteiger partial charge < -0.3 is 4.98 Å². The van der Waals surface area contributed by atoms with Gasteiger partial charge in [-0.3, -0.25) is 9.59 Å². The van der Waals surface area contributed by atoms with Crippen LogP contribution in [-0.4, -0.2) is 17.1 Å². The lowest BCUT2D eigenvalue weighted by Gasteiger charge is -2.17. The highest BCUT2D eigenvalue weighted by Gasteiger charge is 2.22. The maximum absolute atomic E-state index is 13.5. The first-order chi connectivity index (χ1) is 11.4. The Kier molecular flexibility index (Phi) is 4.06. The third-order valence-electron chi connectivity index (χ3n) is 4.44. The Hall–Kier alpha value is -2.75. The van der Waals surface area contributed by atoms with Gasteiger partial charge >= 0.3 is 0 Å². The van der Waals surface area contributed by atoms with E-state index in [4.69, 9.17) is 0 Å². The summed E-state index contributed by atoms with van der Waals surface area (Å²) in [4.78, 5) is 26.5. The first-order valence-corrected chi connectivity index (χ1v) is 7.80. The van der Waals surface area contributed by atoms with Gasteiger partial charge in [-0.1, -0.05) is 30.7 Å². The summed E-state index contributed by atoms with van der Waals surface area (Å²) in [5.74, 6) is -0.556. The van der Waals surface area contributed by atoms with Gasteiger partial charge in [-0.15, -0.1) is 0 Å². The number of halogens is 1. The number of Topliss-reactive ketones (excluding diaryl/α,β-unsaturated/α-hetero) is 1. The zero-order valence-corrected chi connectivity index (χ0v) is 13.8. The Morgan fingerprint density at radius 1 is 1.21 bits per heavy atom. The van der Waals surface area contributed by atoms with Crippen molar-refractivity contribution in [2.75, 3.05) is 0 Å². The van der Waals surface area contributed by atoms with Gasteiger partial charge in [-0.05, 0) is 43.2 Å². The van der Waals surface area contributed by atoms with Crippen LogP contribution in [0.5, 0.6) is 0 Å². The molecule has 0 saturated heterocycles. The van der Waals surface area contributed by atoms with Crippen molar-refractivity contribution in [2.45, 2.75) is 26.7 Å². The van der Waals surface area contributed by atoms with E-state index in [1.807, 2.05) is 32.0 Å². The Morgan fingerprint density at radius 2 is 1.96 bits per heavy atom. The van der Waals surface area contributed by atoms with E-state index in [1.54, 1.807) is 6.07 Å². The summed E-state index contributed by atoms with van der Waals surface area (Å²) in [6, 6.07) is 10.1. The summed E-state index contributed by atoms with van der Waals surface area (Å²) in [5.41, 5.74) is 4.33. The number of aryl methyl sites for hydroxylation is 1. The second-order valence-electron chi connectivity index (χ2n) is 6.13. The molecule has 3 rings (SSSR count). The zero-order valence-electron chi connectivity index (χ0n) is 13.8. The molecule has 1 N–H and O–H groups in total. The molecule has 24 heavy (non-hydrogen) atoms. The van der Waals surface area contributed by atoms with Crippen LogP contribution in [-0.2, 0) is 0 Å². The number of aromatic nitrogens is 1. The number of nitrogens with one attached hydrogen (secondary N) is 1. The van der Waals surface area contributed by atoms with Crippen LogP contribution >= 0.6 is 0 Å². The largest absolute Gasteiger partial charge is 0.352 e. The van der Waals surface area contributed by atoms with E-state index < -0.39 is 0 Å². The van der Waals surface area contributed by atoms with Crippen LogP contribution in [0.2, 0.25) is 0 Å². The minimum absolute atomic E-state index is 0.0182. The summed E-state index contributed by atoms with van der Waals surface area (Å²) >= 11 is 0. The lowest BCUT2D eigenvalue weighted by molar-refractivity contribution is 0.101. The normalized spacial score (nSPS) is 12.3. The van der Waals surface area contributed by atoms with Gasteiger partial charge in [0, 0.05) is 22.4 Å². The highest BCUT2D eigenvalue weighted by Crippen LogP contribution is 2.35. The minimum Gasteiger partial charge on any atom is -0.352 e. The van der Waals surface area contributed by atoms with Gasteiger partial charge in [0.15, 0.2) is 12.1 Å². The van der Waals surface area contributed by atoms with E-state index >= 15 is 0 Å². The lowest BCUT2D eigenvalue weighted by Crippen LogP contribution is -2.06. The van der Waals surface area contributed by atoms with E-state index in [0.29, 0.717) is 16.8 Å². The highest BCUT2D eigenvalue weighted by atomic mass is 19.1. The Bertz CT molecular complexity index is 956. The summed E-state index contributed by atoms with van der Waals surface area (Å²) in [6.07, 6.45) is 0.743. The molecule has 0 aliphatic heterocycles.